The second-order valence-corrected chi connectivity index (χ2v) is 6.74. The second kappa shape index (κ2) is 9.95. The van der Waals surface area contributed by atoms with E-state index in [2.05, 4.69) is 20.9 Å². The molecular formula is C18H30IN5O3. The van der Waals surface area contributed by atoms with Gasteiger partial charge in [-0.2, -0.15) is 0 Å². The van der Waals surface area contributed by atoms with E-state index >= 15 is 0 Å². The van der Waals surface area contributed by atoms with Crippen LogP contribution in [0.2, 0.25) is 0 Å². The molecule has 1 aliphatic heterocycles. The number of urea groups is 1. The van der Waals surface area contributed by atoms with E-state index in [1.54, 1.807) is 14.0 Å². The number of hydrogen-bond acceptors (Lipinski definition) is 4. The van der Waals surface area contributed by atoms with Crippen molar-refractivity contribution in [1.82, 2.24) is 20.9 Å². The number of carbonyl (C=O) groups is 2. The Bertz CT molecular complexity index is 690. The van der Waals surface area contributed by atoms with Gasteiger partial charge in [-0.05, 0) is 45.7 Å². The number of carbonyl (C=O) groups excluding carboxylic acids is 2. The standard InChI is InChI=1S/C18H29N5O3.HI/c1-6-18(4)15(24)23(17(25)22-18)11-7-10-20-16(19-5)21-13(3)14-9-8-12(2)26-14;/h8-9,13H,6-7,10-11H2,1-5H3,(H,22,25)(H2,19,20,21);1H. The third-order valence-corrected chi connectivity index (χ3v) is 4.67. The molecule has 2 unspecified atom stereocenters. The fourth-order valence-electron chi connectivity index (χ4n) is 2.79. The molecule has 0 spiro atoms. The Hall–Kier alpha value is -1.78. The maximum atomic E-state index is 12.3. The zero-order chi connectivity index (χ0) is 19.3. The molecule has 152 valence electrons. The van der Waals surface area contributed by atoms with Crippen molar-refractivity contribution < 1.29 is 14.0 Å². The number of nitrogens with one attached hydrogen (secondary N) is 3. The molecule has 0 saturated carbocycles. The number of nitrogens with zero attached hydrogens (tertiary/aromatic N) is 2. The topological polar surface area (TPSA) is 99.0 Å². The van der Waals surface area contributed by atoms with Gasteiger partial charge in [0, 0.05) is 20.1 Å². The van der Waals surface area contributed by atoms with Crippen molar-refractivity contribution in [2.45, 2.75) is 52.1 Å². The number of halogens is 1. The average Bonchev–Trinajstić information content (AvgIpc) is 3.14. The summed E-state index contributed by atoms with van der Waals surface area (Å²) in [6, 6.07) is 3.52. The van der Waals surface area contributed by atoms with Crippen LogP contribution in [0.4, 0.5) is 4.79 Å². The summed E-state index contributed by atoms with van der Waals surface area (Å²) in [6.07, 6.45) is 1.21. The molecule has 8 nitrogen and oxygen atoms in total. The molecule has 1 aliphatic rings. The Morgan fingerprint density at radius 1 is 1.41 bits per heavy atom. The molecule has 0 radical (unpaired) electrons. The van der Waals surface area contributed by atoms with E-state index in [1.165, 1.54) is 4.90 Å². The minimum absolute atomic E-state index is 0. The second-order valence-electron chi connectivity index (χ2n) is 6.74. The van der Waals surface area contributed by atoms with Crippen LogP contribution in [0.15, 0.2) is 21.5 Å². The largest absolute Gasteiger partial charge is 0.464 e. The summed E-state index contributed by atoms with van der Waals surface area (Å²) < 4.78 is 5.60. The van der Waals surface area contributed by atoms with Crippen LogP contribution in [0.1, 0.15) is 51.2 Å². The fourth-order valence-corrected chi connectivity index (χ4v) is 2.79. The molecule has 0 aliphatic carbocycles. The lowest BCUT2D eigenvalue weighted by Crippen LogP contribution is -2.43. The monoisotopic (exact) mass is 491 g/mol. The van der Waals surface area contributed by atoms with Crippen LogP contribution in [0, 0.1) is 6.92 Å². The lowest BCUT2D eigenvalue weighted by molar-refractivity contribution is -0.130. The molecule has 1 saturated heterocycles. The molecule has 3 amide bonds. The highest BCUT2D eigenvalue weighted by atomic mass is 127. The van der Waals surface area contributed by atoms with Gasteiger partial charge in [0.15, 0.2) is 5.96 Å². The van der Waals surface area contributed by atoms with Crippen LogP contribution in [0.5, 0.6) is 0 Å². The van der Waals surface area contributed by atoms with Crippen molar-refractivity contribution in [3.63, 3.8) is 0 Å². The highest BCUT2D eigenvalue weighted by Gasteiger charge is 2.45. The van der Waals surface area contributed by atoms with Crippen LogP contribution in [-0.2, 0) is 4.79 Å². The Labute approximate surface area is 177 Å². The lowest BCUT2D eigenvalue weighted by atomic mass is 9.99. The first-order valence-corrected chi connectivity index (χ1v) is 8.98. The van der Waals surface area contributed by atoms with Crippen molar-refractivity contribution in [3.8, 4) is 0 Å². The fraction of sp³-hybridized carbons (Fsp3) is 0.611. The third kappa shape index (κ3) is 5.60. The van der Waals surface area contributed by atoms with Gasteiger partial charge in [-0.15, -0.1) is 24.0 Å². The number of guanidine groups is 1. The van der Waals surface area contributed by atoms with Gasteiger partial charge in [0.05, 0.1) is 6.04 Å². The maximum absolute atomic E-state index is 12.3. The van der Waals surface area contributed by atoms with E-state index in [0.29, 0.717) is 31.9 Å². The van der Waals surface area contributed by atoms with Crippen molar-refractivity contribution >= 4 is 41.9 Å². The first-order valence-electron chi connectivity index (χ1n) is 8.98. The van der Waals surface area contributed by atoms with Crippen molar-refractivity contribution in [3.05, 3.63) is 23.7 Å². The Morgan fingerprint density at radius 2 is 2.11 bits per heavy atom. The number of aliphatic imine (C=N–C) groups is 1. The van der Waals surface area contributed by atoms with Crippen molar-refractivity contribution in [2.75, 3.05) is 20.1 Å². The third-order valence-electron chi connectivity index (χ3n) is 4.67. The summed E-state index contributed by atoms with van der Waals surface area (Å²) in [4.78, 5) is 29.8. The molecule has 1 aromatic rings. The summed E-state index contributed by atoms with van der Waals surface area (Å²) >= 11 is 0. The van der Waals surface area contributed by atoms with Crippen molar-refractivity contribution in [1.29, 1.82) is 0 Å². The molecule has 2 rings (SSSR count). The van der Waals surface area contributed by atoms with Gasteiger partial charge in [0.2, 0.25) is 0 Å². The summed E-state index contributed by atoms with van der Waals surface area (Å²) in [5.41, 5.74) is -0.779. The predicted octanol–water partition coefficient (Wildman–Crippen LogP) is 2.54. The van der Waals surface area contributed by atoms with Crippen molar-refractivity contribution in [2.24, 2.45) is 4.99 Å². The normalized spacial score (nSPS) is 20.9. The van der Waals surface area contributed by atoms with Gasteiger partial charge in [-0.3, -0.25) is 14.7 Å². The van der Waals surface area contributed by atoms with E-state index in [0.717, 1.165) is 11.5 Å². The summed E-state index contributed by atoms with van der Waals surface area (Å²) in [5, 5.41) is 9.20. The van der Waals surface area contributed by atoms with Crippen LogP contribution >= 0.6 is 24.0 Å². The maximum Gasteiger partial charge on any atom is 0.325 e. The first-order chi connectivity index (χ1) is 12.3. The first kappa shape index (κ1) is 23.3. The van der Waals surface area contributed by atoms with Crippen LogP contribution < -0.4 is 16.0 Å². The van der Waals surface area contributed by atoms with E-state index in [-0.39, 0.29) is 42.0 Å². The van der Waals surface area contributed by atoms with Gasteiger partial charge in [-0.1, -0.05) is 6.92 Å². The Morgan fingerprint density at radius 3 is 2.63 bits per heavy atom. The Kier molecular flexibility index (Phi) is 8.58. The number of imide groups is 1. The van der Waals surface area contributed by atoms with Gasteiger partial charge >= 0.3 is 6.03 Å². The predicted molar refractivity (Wildman–Crippen MR) is 115 cm³/mol. The van der Waals surface area contributed by atoms with Gasteiger partial charge in [-0.25, -0.2) is 4.79 Å². The molecule has 3 N–H and O–H groups in total. The van der Waals surface area contributed by atoms with E-state index in [9.17, 15) is 9.59 Å². The zero-order valence-corrected chi connectivity index (χ0v) is 18.9. The highest BCUT2D eigenvalue weighted by Crippen LogP contribution is 2.20. The van der Waals surface area contributed by atoms with Gasteiger partial charge in [0.1, 0.15) is 17.1 Å². The SMILES string of the molecule is CCC1(C)NC(=O)N(CCCNC(=NC)NC(C)c2ccc(C)o2)C1=O.I. The quantitative estimate of drug-likeness (QED) is 0.179. The van der Waals surface area contributed by atoms with Crippen LogP contribution in [0.3, 0.4) is 0 Å². The molecule has 1 fully saturated rings. The van der Waals surface area contributed by atoms with Gasteiger partial charge < -0.3 is 20.4 Å². The van der Waals surface area contributed by atoms with E-state index in [1.807, 2.05) is 32.9 Å². The molecule has 0 bridgehead atoms. The summed E-state index contributed by atoms with van der Waals surface area (Å²) in [7, 11) is 1.69. The molecule has 9 heteroatoms. The van der Waals surface area contributed by atoms with E-state index in [4.69, 9.17) is 4.42 Å². The smallest absolute Gasteiger partial charge is 0.325 e. The molecule has 27 heavy (non-hydrogen) atoms. The molecule has 0 aromatic carbocycles. The number of aryl methyl sites for hydroxylation is 1. The highest BCUT2D eigenvalue weighted by molar-refractivity contribution is 14.0. The lowest BCUT2D eigenvalue weighted by Gasteiger charge is -2.19. The van der Waals surface area contributed by atoms with E-state index < -0.39 is 5.54 Å². The number of hydrogen-bond donors (Lipinski definition) is 3. The summed E-state index contributed by atoms with van der Waals surface area (Å²) in [6.45, 7) is 8.50. The Balaban J connectivity index is 0.00000364. The number of amides is 3. The summed E-state index contributed by atoms with van der Waals surface area (Å²) in [5.74, 6) is 2.18. The van der Waals surface area contributed by atoms with Crippen LogP contribution in [-0.4, -0.2) is 48.5 Å². The minimum Gasteiger partial charge on any atom is -0.464 e. The molecule has 2 atom stereocenters. The zero-order valence-electron chi connectivity index (χ0n) is 16.6. The molecular weight excluding hydrogens is 461 g/mol. The van der Waals surface area contributed by atoms with Gasteiger partial charge in [0.25, 0.3) is 5.91 Å². The average molecular weight is 491 g/mol. The molecule has 1 aromatic heterocycles. The number of furan rings is 1. The van der Waals surface area contributed by atoms with Crippen LogP contribution in [0.25, 0.3) is 0 Å². The molecule has 2 heterocycles. The minimum atomic E-state index is -0.779. The number of rotatable bonds is 7.